The van der Waals surface area contributed by atoms with Crippen LogP contribution in [0.4, 0.5) is 0 Å². The highest BCUT2D eigenvalue weighted by molar-refractivity contribution is 6.62. The van der Waals surface area contributed by atoms with Crippen molar-refractivity contribution < 1.29 is 9.31 Å². The van der Waals surface area contributed by atoms with Crippen molar-refractivity contribution in [3.05, 3.63) is 29.3 Å². The second-order valence-corrected chi connectivity index (χ2v) is 6.01. The topological polar surface area (TPSA) is 18.5 Å². The third-order valence-corrected chi connectivity index (χ3v) is 3.77. The van der Waals surface area contributed by atoms with Crippen LogP contribution in [0.1, 0.15) is 38.8 Å². The summed E-state index contributed by atoms with van der Waals surface area (Å²) in [5.74, 6) is 0. The molecule has 0 saturated carbocycles. The average molecular weight is 232 g/mol. The highest BCUT2D eigenvalue weighted by Gasteiger charge is 2.51. The monoisotopic (exact) mass is 232 g/mol. The largest absolute Gasteiger partial charge is 0.494 e. The van der Waals surface area contributed by atoms with Crippen LogP contribution < -0.4 is 5.46 Å². The van der Waals surface area contributed by atoms with E-state index in [2.05, 4.69) is 59.7 Å². The van der Waals surface area contributed by atoms with E-state index >= 15 is 0 Å². The molecule has 0 amide bonds. The zero-order valence-electron chi connectivity index (χ0n) is 11.6. The van der Waals surface area contributed by atoms with Crippen molar-refractivity contribution in [2.45, 2.75) is 52.7 Å². The number of hydrogen-bond donors (Lipinski definition) is 0. The highest BCUT2D eigenvalue weighted by atomic mass is 16.7. The Morgan fingerprint density at radius 1 is 0.824 bits per heavy atom. The summed E-state index contributed by atoms with van der Waals surface area (Å²) in [4.78, 5) is 0. The van der Waals surface area contributed by atoms with Crippen LogP contribution in [0.2, 0.25) is 0 Å². The van der Waals surface area contributed by atoms with Crippen molar-refractivity contribution in [2.24, 2.45) is 0 Å². The van der Waals surface area contributed by atoms with Gasteiger partial charge in [0.1, 0.15) is 0 Å². The van der Waals surface area contributed by atoms with E-state index in [1.165, 1.54) is 11.1 Å². The molecule has 92 valence electrons. The van der Waals surface area contributed by atoms with Gasteiger partial charge >= 0.3 is 7.12 Å². The van der Waals surface area contributed by atoms with Gasteiger partial charge in [0.05, 0.1) is 11.2 Å². The molecule has 2 rings (SSSR count). The molecule has 0 aliphatic carbocycles. The fourth-order valence-electron chi connectivity index (χ4n) is 2.13. The molecule has 0 aromatic heterocycles. The minimum atomic E-state index is -0.269. The second-order valence-electron chi connectivity index (χ2n) is 6.01. The maximum absolute atomic E-state index is 6.04. The smallest absolute Gasteiger partial charge is 0.399 e. The molecular weight excluding hydrogens is 211 g/mol. The Morgan fingerprint density at radius 3 is 1.65 bits per heavy atom. The van der Waals surface area contributed by atoms with E-state index in [0.717, 1.165) is 5.46 Å². The third-order valence-electron chi connectivity index (χ3n) is 3.77. The molecule has 1 fully saturated rings. The predicted octanol–water partition coefficient (Wildman–Crippen LogP) is 2.60. The lowest BCUT2D eigenvalue weighted by Gasteiger charge is -2.32. The lowest BCUT2D eigenvalue weighted by molar-refractivity contribution is 0.00578. The van der Waals surface area contributed by atoms with Gasteiger partial charge in [-0.3, -0.25) is 0 Å². The van der Waals surface area contributed by atoms with Crippen molar-refractivity contribution in [3.63, 3.8) is 0 Å². The molecule has 1 heterocycles. The van der Waals surface area contributed by atoms with E-state index < -0.39 is 0 Å². The molecule has 0 bridgehead atoms. The highest BCUT2D eigenvalue weighted by Crippen LogP contribution is 2.36. The van der Waals surface area contributed by atoms with Gasteiger partial charge in [-0.2, -0.15) is 0 Å². The van der Waals surface area contributed by atoms with Gasteiger partial charge in [-0.1, -0.05) is 29.3 Å². The van der Waals surface area contributed by atoms with E-state index in [-0.39, 0.29) is 18.3 Å². The zero-order valence-corrected chi connectivity index (χ0v) is 11.6. The van der Waals surface area contributed by atoms with Gasteiger partial charge in [0, 0.05) is 0 Å². The fourth-order valence-corrected chi connectivity index (χ4v) is 2.13. The van der Waals surface area contributed by atoms with Gasteiger partial charge in [0.25, 0.3) is 0 Å². The fraction of sp³-hybridized carbons (Fsp3) is 0.571. The second kappa shape index (κ2) is 3.86. The van der Waals surface area contributed by atoms with Crippen LogP contribution in [0, 0.1) is 13.8 Å². The van der Waals surface area contributed by atoms with Crippen LogP contribution in [0.25, 0.3) is 0 Å². The molecule has 17 heavy (non-hydrogen) atoms. The van der Waals surface area contributed by atoms with Crippen LogP contribution in [0.5, 0.6) is 0 Å². The van der Waals surface area contributed by atoms with Crippen LogP contribution in [-0.2, 0) is 9.31 Å². The van der Waals surface area contributed by atoms with E-state index in [0.29, 0.717) is 0 Å². The average Bonchev–Trinajstić information content (AvgIpc) is 2.34. The molecule has 2 nitrogen and oxygen atoms in total. The maximum Gasteiger partial charge on any atom is 0.494 e. The van der Waals surface area contributed by atoms with Gasteiger partial charge in [-0.15, -0.1) is 0 Å². The van der Waals surface area contributed by atoms with Gasteiger partial charge in [-0.25, -0.2) is 0 Å². The molecule has 1 aliphatic heterocycles. The molecule has 0 N–H and O–H groups in total. The predicted molar refractivity (Wildman–Crippen MR) is 71.6 cm³/mol. The molecule has 1 aliphatic rings. The first kappa shape index (κ1) is 12.7. The summed E-state index contributed by atoms with van der Waals surface area (Å²) in [7, 11) is -0.251. The first-order valence-electron chi connectivity index (χ1n) is 6.15. The summed E-state index contributed by atoms with van der Waals surface area (Å²) in [5, 5.41) is 0. The minimum Gasteiger partial charge on any atom is -0.399 e. The molecule has 0 unspecified atom stereocenters. The Morgan fingerprint density at radius 2 is 1.24 bits per heavy atom. The molecule has 0 spiro atoms. The van der Waals surface area contributed by atoms with Crippen LogP contribution in [0.15, 0.2) is 18.2 Å². The SMILES string of the molecule is Cc1cc(C)cc(B2OC(C)(C)C(C)(C)O2)c1. The Labute approximate surface area is 104 Å². The number of aryl methyl sites for hydroxylation is 2. The summed E-state index contributed by atoms with van der Waals surface area (Å²) in [6.07, 6.45) is 0. The molecule has 1 aromatic carbocycles. The van der Waals surface area contributed by atoms with E-state index in [1.807, 2.05) is 0 Å². The van der Waals surface area contributed by atoms with Gasteiger partial charge in [0.15, 0.2) is 0 Å². The van der Waals surface area contributed by atoms with Crippen LogP contribution in [-0.4, -0.2) is 18.3 Å². The zero-order chi connectivity index (χ0) is 12.8. The van der Waals surface area contributed by atoms with Crippen molar-refractivity contribution in [2.75, 3.05) is 0 Å². The number of hydrogen-bond acceptors (Lipinski definition) is 2. The van der Waals surface area contributed by atoms with Crippen LogP contribution >= 0.6 is 0 Å². The lowest BCUT2D eigenvalue weighted by atomic mass is 9.77. The molecule has 0 radical (unpaired) electrons. The Bertz CT molecular complexity index is 402. The molecule has 3 heteroatoms. The first-order chi connectivity index (χ1) is 7.71. The summed E-state index contributed by atoms with van der Waals surface area (Å²) in [6.45, 7) is 12.5. The quantitative estimate of drug-likeness (QED) is 0.693. The first-order valence-corrected chi connectivity index (χ1v) is 6.15. The summed E-state index contributed by atoms with van der Waals surface area (Å²) < 4.78 is 12.1. The summed E-state index contributed by atoms with van der Waals surface area (Å²) in [5.41, 5.74) is 3.07. The van der Waals surface area contributed by atoms with E-state index in [9.17, 15) is 0 Å². The van der Waals surface area contributed by atoms with Gasteiger partial charge in [0.2, 0.25) is 0 Å². The van der Waals surface area contributed by atoms with Gasteiger partial charge < -0.3 is 9.31 Å². The summed E-state index contributed by atoms with van der Waals surface area (Å²) in [6, 6.07) is 6.43. The van der Waals surface area contributed by atoms with Crippen molar-refractivity contribution in [3.8, 4) is 0 Å². The van der Waals surface area contributed by atoms with Gasteiger partial charge in [-0.05, 0) is 47.0 Å². The molecule has 0 atom stereocenters. The lowest BCUT2D eigenvalue weighted by Crippen LogP contribution is -2.41. The molecular formula is C14H21BO2. The van der Waals surface area contributed by atoms with Crippen LogP contribution in [0.3, 0.4) is 0 Å². The minimum absolute atomic E-state index is 0.251. The summed E-state index contributed by atoms with van der Waals surface area (Å²) >= 11 is 0. The molecule has 1 aromatic rings. The van der Waals surface area contributed by atoms with E-state index in [1.54, 1.807) is 0 Å². The Balaban J connectivity index is 2.32. The Kier molecular flexibility index (Phi) is 2.87. The normalized spacial score (nSPS) is 21.9. The number of rotatable bonds is 1. The molecule has 1 saturated heterocycles. The van der Waals surface area contributed by atoms with Crippen molar-refractivity contribution in [1.82, 2.24) is 0 Å². The van der Waals surface area contributed by atoms with E-state index in [4.69, 9.17) is 9.31 Å². The standard InChI is InChI=1S/C14H21BO2/c1-10-7-11(2)9-12(8-10)15-16-13(3,4)14(5,6)17-15/h7-9H,1-6H3. The third kappa shape index (κ3) is 2.27. The van der Waals surface area contributed by atoms with Crippen molar-refractivity contribution >= 4 is 12.6 Å². The van der Waals surface area contributed by atoms with Crippen molar-refractivity contribution in [1.29, 1.82) is 0 Å². The maximum atomic E-state index is 6.04. The Hall–Kier alpha value is -0.795. The number of benzene rings is 1.